The molecule has 1 N–H and O–H groups in total. The zero-order valence-corrected chi connectivity index (χ0v) is 31.9. The molecule has 3 aliphatic heterocycles. The van der Waals surface area contributed by atoms with Gasteiger partial charge in [-0.25, -0.2) is 0 Å². The molecule has 0 saturated carbocycles. The van der Waals surface area contributed by atoms with E-state index in [4.69, 9.17) is 14.2 Å². The molecule has 0 bridgehead atoms. The summed E-state index contributed by atoms with van der Waals surface area (Å²) in [6, 6.07) is 32.9. The molecule has 4 aromatic rings. The molecular weight excluding hydrogens is 673 g/mol. The lowest BCUT2D eigenvalue weighted by Gasteiger charge is -2.32. The van der Waals surface area contributed by atoms with Crippen molar-refractivity contribution in [3.8, 4) is 23.0 Å². The predicted octanol–water partition coefficient (Wildman–Crippen LogP) is 9.33. The highest BCUT2D eigenvalue weighted by Crippen LogP contribution is 2.42. The first-order valence-corrected chi connectivity index (χ1v) is 20.5. The highest BCUT2D eigenvalue weighted by atomic mass is 16.5. The molecule has 0 amide bonds. The molecule has 0 spiro atoms. The van der Waals surface area contributed by atoms with Crippen LogP contribution in [0.15, 0.2) is 97.1 Å². The Morgan fingerprint density at radius 3 is 1.69 bits per heavy atom. The van der Waals surface area contributed by atoms with Gasteiger partial charge < -0.3 is 29.1 Å². The van der Waals surface area contributed by atoms with Crippen LogP contribution < -0.4 is 14.2 Å². The molecule has 0 aliphatic carbocycles. The fraction of sp³-hybridized carbons (Fsp3) is 0.468. The molecule has 286 valence electrons. The van der Waals surface area contributed by atoms with E-state index >= 15 is 0 Å². The lowest BCUT2D eigenvalue weighted by atomic mass is 9.90. The number of unbranched alkanes of at least 4 members (excludes halogenated alkanes) is 2. The second-order valence-corrected chi connectivity index (χ2v) is 15.7. The Kier molecular flexibility index (Phi) is 13.6. The second kappa shape index (κ2) is 19.3. The lowest BCUT2D eigenvalue weighted by Crippen LogP contribution is -2.35. The number of ketones is 1. The molecule has 1 atom stereocenters. The largest absolute Gasteiger partial charge is 0.507 e. The Hall–Kier alpha value is -4.33. The average molecular weight is 731 g/mol. The van der Waals surface area contributed by atoms with Crippen molar-refractivity contribution in [2.45, 2.75) is 76.7 Å². The van der Waals surface area contributed by atoms with Gasteiger partial charge in [-0.1, -0.05) is 72.8 Å². The Morgan fingerprint density at radius 1 is 0.630 bits per heavy atom. The van der Waals surface area contributed by atoms with Crippen molar-refractivity contribution in [2.75, 3.05) is 52.5 Å². The number of benzene rings is 4. The van der Waals surface area contributed by atoms with Crippen LogP contribution in [0.1, 0.15) is 90.9 Å². The van der Waals surface area contributed by atoms with Crippen LogP contribution in [-0.4, -0.2) is 73.2 Å². The number of rotatable bonds is 17. The summed E-state index contributed by atoms with van der Waals surface area (Å²) >= 11 is 0. The van der Waals surface area contributed by atoms with Crippen molar-refractivity contribution in [1.29, 1.82) is 0 Å². The molecular formula is C47H58N2O5. The van der Waals surface area contributed by atoms with E-state index in [1.165, 1.54) is 62.7 Å². The zero-order chi connectivity index (χ0) is 37.0. The summed E-state index contributed by atoms with van der Waals surface area (Å²) < 4.78 is 18.4. The summed E-state index contributed by atoms with van der Waals surface area (Å²) in [5, 5.41) is 10.7. The molecule has 3 heterocycles. The summed E-state index contributed by atoms with van der Waals surface area (Å²) in [4.78, 5) is 18.3. The molecule has 0 radical (unpaired) electrons. The molecule has 0 aromatic heterocycles. The lowest BCUT2D eigenvalue weighted by molar-refractivity contribution is 0.0844. The fourth-order valence-electron chi connectivity index (χ4n) is 8.44. The van der Waals surface area contributed by atoms with Gasteiger partial charge in [0.1, 0.15) is 34.7 Å². The minimum absolute atomic E-state index is 0.0828. The van der Waals surface area contributed by atoms with Gasteiger partial charge in [-0.15, -0.1) is 0 Å². The fourth-order valence-corrected chi connectivity index (χ4v) is 8.44. The van der Waals surface area contributed by atoms with Gasteiger partial charge in [0.25, 0.3) is 0 Å². The minimum atomic E-state index is -0.428. The average Bonchev–Trinajstić information content (AvgIpc) is 3.20. The number of fused-ring (bicyclic) bond motifs is 1. The van der Waals surface area contributed by atoms with Gasteiger partial charge >= 0.3 is 0 Å². The van der Waals surface area contributed by atoms with E-state index < -0.39 is 6.10 Å². The van der Waals surface area contributed by atoms with Crippen LogP contribution in [-0.2, 0) is 12.8 Å². The Balaban J connectivity index is 0.786. The van der Waals surface area contributed by atoms with Crippen LogP contribution >= 0.6 is 0 Å². The number of nitrogens with zero attached hydrogens (tertiary/aromatic N) is 2. The number of phenols is 1. The van der Waals surface area contributed by atoms with Crippen LogP contribution in [0.2, 0.25) is 0 Å². The van der Waals surface area contributed by atoms with Gasteiger partial charge in [0.2, 0.25) is 0 Å². The maximum absolute atomic E-state index is 13.1. The number of carbonyl (C=O) groups is 1. The maximum Gasteiger partial charge on any atom is 0.174 e. The first-order chi connectivity index (χ1) is 26.6. The summed E-state index contributed by atoms with van der Waals surface area (Å²) in [6.45, 7) is 8.16. The highest BCUT2D eigenvalue weighted by Gasteiger charge is 2.31. The number of Topliss-reactive ketones (excluding diaryl/α,β-unsaturated/α-hetero) is 1. The van der Waals surface area contributed by atoms with Crippen LogP contribution in [0, 0.1) is 11.8 Å². The van der Waals surface area contributed by atoms with Crippen LogP contribution in [0.3, 0.4) is 0 Å². The smallest absolute Gasteiger partial charge is 0.174 e. The number of aromatic hydroxyl groups is 1. The number of phenolic OH excluding ortho intramolecular Hbond substituents is 1. The third-order valence-electron chi connectivity index (χ3n) is 11.6. The topological polar surface area (TPSA) is 71.5 Å². The molecule has 2 saturated heterocycles. The van der Waals surface area contributed by atoms with Gasteiger partial charge in [0, 0.05) is 12.1 Å². The van der Waals surface area contributed by atoms with E-state index in [1.54, 1.807) is 12.1 Å². The first kappa shape index (κ1) is 38.0. The highest BCUT2D eigenvalue weighted by molar-refractivity contribution is 6.02. The number of ether oxygens (including phenoxy) is 3. The van der Waals surface area contributed by atoms with Crippen molar-refractivity contribution in [1.82, 2.24) is 9.80 Å². The summed E-state index contributed by atoms with van der Waals surface area (Å²) in [6.07, 6.45) is 11.4. The monoisotopic (exact) mass is 730 g/mol. The maximum atomic E-state index is 13.1. The van der Waals surface area contributed by atoms with Crippen molar-refractivity contribution in [3.05, 3.63) is 119 Å². The quantitative estimate of drug-likeness (QED) is 0.109. The van der Waals surface area contributed by atoms with Gasteiger partial charge in [-0.05, 0) is 144 Å². The molecule has 7 nitrogen and oxygen atoms in total. The van der Waals surface area contributed by atoms with Crippen molar-refractivity contribution < 1.29 is 24.1 Å². The van der Waals surface area contributed by atoms with E-state index in [0.717, 1.165) is 75.0 Å². The second-order valence-electron chi connectivity index (χ2n) is 15.7. The van der Waals surface area contributed by atoms with E-state index in [9.17, 15) is 9.90 Å². The van der Waals surface area contributed by atoms with Crippen LogP contribution in [0.25, 0.3) is 0 Å². The Bertz CT molecular complexity index is 1730. The van der Waals surface area contributed by atoms with Crippen molar-refractivity contribution in [3.63, 3.8) is 0 Å². The predicted molar refractivity (Wildman–Crippen MR) is 215 cm³/mol. The molecule has 3 aliphatic rings. The van der Waals surface area contributed by atoms with Gasteiger partial charge in [0.05, 0.1) is 19.6 Å². The van der Waals surface area contributed by atoms with Gasteiger partial charge in [-0.2, -0.15) is 0 Å². The standard InChI is InChI=1S/C47H58N2O5/c50-43-33-42(53-30-10-8-24-49-27-21-39(22-28-49)32-37-13-5-2-6-14-37)34-46-47(43)44(51)35-45(54-46)40-15-17-41(18-16-40)52-29-9-7-23-48-25-19-38(20-26-48)31-36-11-3-1-4-12-36/h1-6,11-18,33-34,38-39,45,50H,7-10,19-32,35H2. The Morgan fingerprint density at radius 2 is 1.15 bits per heavy atom. The van der Waals surface area contributed by atoms with Crippen molar-refractivity contribution >= 4 is 5.78 Å². The third kappa shape index (κ3) is 10.9. The third-order valence-corrected chi connectivity index (χ3v) is 11.6. The van der Waals surface area contributed by atoms with Crippen molar-refractivity contribution in [2.24, 2.45) is 11.8 Å². The SMILES string of the molecule is O=C1CC(c2ccc(OCCCCN3CCC(Cc4ccccc4)CC3)cc2)Oc2cc(OCCCCN3CCC(Cc4ccccc4)CC3)cc(O)c21. The van der Waals surface area contributed by atoms with E-state index in [0.29, 0.717) is 24.7 Å². The number of hydrogen-bond donors (Lipinski definition) is 1. The minimum Gasteiger partial charge on any atom is -0.507 e. The van der Waals surface area contributed by atoms with Crippen LogP contribution in [0.5, 0.6) is 23.0 Å². The van der Waals surface area contributed by atoms with Gasteiger partial charge in [-0.3, -0.25) is 4.79 Å². The summed E-state index contributed by atoms with van der Waals surface area (Å²) in [5.74, 6) is 3.10. The van der Waals surface area contributed by atoms with E-state index in [1.807, 2.05) is 24.3 Å². The summed E-state index contributed by atoms with van der Waals surface area (Å²) in [5.41, 5.74) is 4.06. The molecule has 2 fully saturated rings. The molecule has 4 aromatic carbocycles. The molecule has 1 unspecified atom stereocenters. The summed E-state index contributed by atoms with van der Waals surface area (Å²) in [7, 11) is 0. The Labute approximate surface area is 322 Å². The van der Waals surface area contributed by atoms with E-state index in [-0.39, 0.29) is 23.5 Å². The normalized spacial score (nSPS) is 18.6. The zero-order valence-electron chi connectivity index (χ0n) is 31.9. The molecule has 7 heteroatoms. The van der Waals surface area contributed by atoms with Crippen LogP contribution in [0.4, 0.5) is 0 Å². The number of likely N-dealkylation sites (tertiary alicyclic amines) is 2. The number of hydrogen-bond acceptors (Lipinski definition) is 7. The number of piperidine rings is 2. The van der Waals surface area contributed by atoms with Gasteiger partial charge in [0.15, 0.2) is 5.78 Å². The molecule has 7 rings (SSSR count). The number of carbonyl (C=O) groups excluding carboxylic acids is 1. The van der Waals surface area contributed by atoms with E-state index in [2.05, 4.69) is 70.5 Å². The molecule has 54 heavy (non-hydrogen) atoms. The first-order valence-electron chi connectivity index (χ1n) is 20.5.